The van der Waals surface area contributed by atoms with Gasteiger partial charge in [-0.25, -0.2) is 4.79 Å². The van der Waals surface area contributed by atoms with E-state index in [9.17, 15) is 4.79 Å². The van der Waals surface area contributed by atoms with Crippen LogP contribution in [0.4, 0.5) is 4.79 Å². The molecule has 0 bridgehead atoms. The van der Waals surface area contributed by atoms with Crippen LogP contribution in [0.3, 0.4) is 0 Å². The Bertz CT molecular complexity index is 178. The van der Waals surface area contributed by atoms with E-state index < -0.39 is 0 Å². The van der Waals surface area contributed by atoms with Crippen LogP contribution in [0.15, 0.2) is 0 Å². The maximum atomic E-state index is 11.3. The van der Waals surface area contributed by atoms with Gasteiger partial charge in [-0.05, 0) is 13.8 Å². The van der Waals surface area contributed by atoms with E-state index in [1.165, 1.54) is 0 Å². The molecule has 0 aromatic rings. The molecule has 1 fully saturated rings. The molecule has 1 aliphatic heterocycles. The highest BCUT2D eigenvalue weighted by Crippen LogP contribution is 2.11. The predicted octanol–water partition coefficient (Wildman–Crippen LogP) is 1.43. The van der Waals surface area contributed by atoms with E-state index >= 15 is 0 Å². The van der Waals surface area contributed by atoms with Gasteiger partial charge in [-0.2, -0.15) is 0 Å². The maximum absolute atomic E-state index is 11.3. The van der Waals surface area contributed by atoms with Crippen LogP contribution >= 0.6 is 11.6 Å². The lowest BCUT2D eigenvalue weighted by molar-refractivity contribution is -0.0625. The third-order valence-corrected chi connectivity index (χ3v) is 1.96. The molecule has 0 aliphatic carbocycles. The molecule has 2 atom stereocenters. The van der Waals surface area contributed by atoms with Crippen LogP contribution in [0.5, 0.6) is 0 Å². The van der Waals surface area contributed by atoms with Gasteiger partial charge in [0.05, 0.1) is 25.3 Å². The van der Waals surface area contributed by atoms with E-state index in [1.807, 2.05) is 13.8 Å². The standard InChI is InChI=1S/C8H14ClNO3/c1-6-3-10(4-7(2)13-6)8(11)12-5-9/h6-7H,3-5H2,1-2H3. The number of amides is 1. The highest BCUT2D eigenvalue weighted by atomic mass is 35.5. The lowest BCUT2D eigenvalue weighted by Gasteiger charge is -2.34. The predicted molar refractivity (Wildman–Crippen MR) is 48.8 cm³/mol. The van der Waals surface area contributed by atoms with Gasteiger partial charge in [0.2, 0.25) is 0 Å². The first-order chi connectivity index (χ1) is 6.13. The van der Waals surface area contributed by atoms with Crippen LogP contribution in [-0.4, -0.2) is 42.4 Å². The van der Waals surface area contributed by atoms with E-state index in [0.717, 1.165) is 0 Å². The van der Waals surface area contributed by atoms with Crippen molar-refractivity contribution in [2.45, 2.75) is 26.1 Å². The first-order valence-electron chi connectivity index (χ1n) is 4.26. The zero-order chi connectivity index (χ0) is 9.84. The summed E-state index contributed by atoms with van der Waals surface area (Å²) in [5.41, 5.74) is 0. The Hall–Kier alpha value is -0.480. The fourth-order valence-corrected chi connectivity index (χ4v) is 1.56. The van der Waals surface area contributed by atoms with Gasteiger partial charge in [-0.15, -0.1) is 0 Å². The molecular weight excluding hydrogens is 194 g/mol. The number of carbonyl (C=O) groups excluding carboxylic acids is 1. The summed E-state index contributed by atoms with van der Waals surface area (Å²) >= 11 is 5.29. The lowest BCUT2D eigenvalue weighted by Crippen LogP contribution is -2.48. The number of nitrogens with zero attached hydrogens (tertiary/aromatic N) is 1. The Kier molecular flexibility index (Phi) is 3.81. The van der Waals surface area contributed by atoms with Gasteiger partial charge in [-0.3, -0.25) is 0 Å². The van der Waals surface area contributed by atoms with Crippen molar-refractivity contribution in [2.75, 3.05) is 19.2 Å². The molecule has 0 N–H and O–H groups in total. The topological polar surface area (TPSA) is 38.8 Å². The van der Waals surface area contributed by atoms with Crippen molar-refractivity contribution in [2.24, 2.45) is 0 Å². The average Bonchev–Trinajstić information content (AvgIpc) is 2.03. The molecule has 1 saturated heterocycles. The van der Waals surface area contributed by atoms with Crippen LogP contribution in [0.1, 0.15) is 13.8 Å². The number of hydrogen-bond donors (Lipinski definition) is 0. The van der Waals surface area contributed by atoms with Crippen molar-refractivity contribution < 1.29 is 14.3 Å². The summed E-state index contributed by atoms with van der Waals surface area (Å²) in [7, 11) is 0. The van der Waals surface area contributed by atoms with Crippen LogP contribution in [0, 0.1) is 0 Å². The number of rotatable bonds is 1. The van der Waals surface area contributed by atoms with Gasteiger partial charge in [0.25, 0.3) is 0 Å². The van der Waals surface area contributed by atoms with Crippen LogP contribution in [-0.2, 0) is 9.47 Å². The molecule has 0 aromatic heterocycles. The fraction of sp³-hybridized carbons (Fsp3) is 0.875. The Morgan fingerprint density at radius 3 is 2.54 bits per heavy atom. The fourth-order valence-electron chi connectivity index (χ4n) is 1.46. The molecule has 0 radical (unpaired) electrons. The zero-order valence-electron chi connectivity index (χ0n) is 7.83. The minimum Gasteiger partial charge on any atom is -0.433 e. The second kappa shape index (κ2) is 4.67. The Morgan fingerprint density at radius 2 is 2.08 bits per heavy atom. The average molecular weight is 208 g/mol. The molecule has 0 aromatic carbocycles. The molecule has 13 heavy (non-hydrogen) atoms. The number of hydrogen-bond acceptors (Lipinski definition) is 3. The van der Waals surface area contributed by atoms with Crippen molar-refractivity contribution >= 4 is 17.7 Å². The molecule has 4 nitrogen and oxygen atoms in total. The van der Waals surface area contributed by atoms with Crippen molar-refractivity contribution in [3.63, 3.8) is 0 Å². The SMILES string of the molecule is CC1CN(C(=O)OCCl)CC(C)O1. The molecule has 2 unspecified atom stereocenters. The van der Waals surface area contributed by atoms with Gasteiger partial charge in [0.1, 0.15) is 0 Å². The van der Waals surface area contributed by atoms with Crippen molar-refractivity contribution in [1.82, 2.24) is 4.90 Å². The summed E-state index contributed by atoms with van der Waals surface area (Å²) in [5.74, 6) is 0. The smallest absolute Gasteiger partial charge is 0.411 e. The Balaban J connectivity index is 2.45. The molecule has 1 amide bonds. The van der Waals surface area contributed by atoms with Gasteiger partial charge >= 0.3 is 6.09 Å². The van der Waals surface area contributed by atoms with E-state index in [4.69, 9.17) is 16.3 Å². The Morgan fingerprint density at radius 1 is 1.54 bits per heavy atom. The normalized spacial score (nSPS) is 28.7. The van der Waals surface area contributed by atoms with Crippen LogP contribution in [0.25, 0.3) is 0 Å². The van der Waals surface area contributed by atoms with E-state index in [1.54, 1.807) is 4.90 Å². The summed E-state index contributed by atoms with van der Waals surface area (Å²) < 4.78 is 10.1. The van der Waals surface area contributed by atoms with Crippen molar-refractivity contribution in [1.29, 1.82) is 0 Å². The summed E-state index contributed by atoms with van der Waals surface area (Å²) in [5, 5.41) is 0. The van der Waals surface area contributed by atoms with Gasteiger partial charge in [-0.1, -0.05) is 11.6 Å². The van der Waals surface area contributed by atoms with Crippen LogP contribution in [0.2, 0.25) is 0 Å². The number of morpholine rings is 1. The third-order valence-electron chi connectivity index (χ3n) is 1.86. The van der Waals surface area contributed by atoms with E-state index in [0.29, 0.717) is 13.1 Å². The van der Waals surface area contributed by atoms with Crippen molar-refractivity contribution in [3.8, 4) is 0 Å². The number of alkyl halides is 1. The summed E-state index contributed by atoms with van der Waals surface area (Å²) in [6.07, 6.45) is -0.241. The largest absolute Gasteiger partial charge is 0.433 e. The minimum atomic E-state index is -0.364. The maximum Gasteiger partial charge on any atom is 0.411 e. The molecule has 1 aliphatic rings. The first kappa shape index (κ1) is 10.6. The van der Waals surface area contributed by atoms with Crippen molar-refractivity contribution in [3.05, 3.63) is 0 Å². The summed E-state index contributed by atoms with van der Waals surface area (Å²) in [6.45, 7) is 4.99. The second-order valence-electron chi connectivity index (χ2n) is 3.18. The molecule has 0 spiro atoms. The minimum absolute atomic E-state index is 0.0617. The Labute approximate surface area is 82.7 Å². The quantitative estimate of drug-likeness (QED) is 0.611. The third kappa shape index (κ3) is 3.04. The number of ether oxygens (including phenoxy) is 2. The second-order valence-corrected chi connectivity index (χ2v) is 3.40. The number of carbonyl (C=O) groups is 1. The zero-order valence-corrected chi connectivity index (χ0v) is 8.58. The highest BCUT2D eigenvalue weighted by Gasteiger charge is 2.26. The van der Waals surface area contributed by atoms with Gasteiger partial charge in [0, 0.05) is 0 Å². The molecule has 1 heterocycles. The van der Waals surface area contributed by atoms with E-state index in [2.05, 4.69) is 4.74 Å². The molecule has 1 rings (SSSR count). The summed E-state index contributed by atoms with van der Waals surface area (Å²) in [4.78, 5) is 12.9. The van der Waals surface area contributed by atoms with E-state index in [-0.39, 0.29) is 24.4 Å². The summed E-state index contributed by atoms with van der Waals surface area (Å²) in [6, 6.07) is -0.0983. The molecule has 76 valence electrons. The van der Waals surface area contributed by atoms with Crippen LogP contribution < -0.4 is 0 Å². The monoisotopic (exact) mass is 207 g/mol. The van der Waals surface area contributed by atoms with Gasteiger partial charge in [0.15, 0.2) is 6.07 Å². The van der Waals surface area contributed by atoms with Gasteiger partial charge < -0.3 is 14.4 Å². The number of halogens is 1. The molecular formula is C8H14ClNO3. The molecule has 0 saturated carbocycles. The lowest BCUT2D eigenvalue weighted by atomic mass is 10.2. The molecule has 5 heteroatoms. The highest BCUT2D eigenvalue weighted by molar-refractivity contribution is 6.17. The first-order valence-corrected chi connectivity index (χ1v) is 4.80.